The molecule has 0 bridgehead atoms. The van der Waals surface area contributed by atoms with Crippen LogP contribution in [0.5, 0.6) is 0 Å². The molecule has 0 radical (unpaired) electrons. The number of hydrogen-bond donors (Lipinski definition) is 0. The zero-order valence-corrected chi connectivity index (χ0v) is 6.58. The molecule has 2 rings (SSSR count). The average molecular weight is 171 g/mol. The van der Waals surface area contributed by atoms with Crippen LogP contribution >= 0.6 is 11.6 Å². The van der Waals surface area contributed by atoms with E-state index in [1.165, 1.54) is 0 Å². The van der Waals surface area contributed by atoms with Crippen LogP contribution in [-0.4, -0.2) is 9.55 Å². The number of hydrogen-bond acceptors (Lipinski definition) is 2. The van der Waals surface area contributed by atoms with Crippen LogP contribution in [0.25, 0.3) is 0 Å². The molecule has 1 aliphatic rings. The van der Waals surface area contributed by atoms with E-state index < -0.39 is 0 Å². The van der Waals surface area contributed by atoms with Crippen molar-refractivity contribution in [2.24, 2.45) is 0 Å². The number of rotatable bonds is 1. The highest BCUT2D eigenvalue weighted by Crippen LogP contribution is 2.33. The van der Waals surface area contributed by atoms with Crippen molar-refractivity contribution in [3.63, 3.8) is 0 Å². The molecule has 1 saturated carbocycles. The Hall–Kier alpha value is -0.830. The Morgan fingerprint density at radius 3 is 3.00 bits per heavy atom. The summed E-state index contributed by atoms with van der Waals surface area (Å²) in [5, 5.41) is 0.0689. The van der Waals surface area contributed by atoms with Crippen molar-refractivity contribution in [1.29, 1.82) is 0 Å². The maximum atomic E-state index is 11.2. The van der Waals surface area contributed by atoms with Crippen molar-refractivity contribution in [3.8, 4) is 0 Å². The zero-order chi connectivity index (χ0) is 7.84. The normalized spacial score (nSPS) is 16.8. The molecule has 0 spiro atoms. The Labute approximate surface area is 68.6 Å². The molecule has 0 N–H and O–H groups in total. The molecule has 0 aromatic carbocycles. The lowest BCUT2D eigenvalue weighted by Gasteiger charge is -2.00. The Kier molecular flexibility index (Phi) is 1.46. The highest BCUT2D eigenvalue weighted by molar-refractivity contribution is 6.29. The maximum Gasteiger partial charge on any atom is 0.288 e. The van der Waals surface area contributed by atoms with Crippen molar-refractivity contribution in [2.45, 2.75) is 18.9 Å². The van der Waals surface area contributed by atoms with Crippen LogP contribution in [0.2, 0.25) is 5.15 Å². The van der Waals surface area contributed by atoms with Gasteiger partial charge >= 0.3 is 0 Å². The van der Waals surface area contributed by atoms with E-state index >= 15 is 0 Å². The van der Waals surface area contributed by atoms with Gasteiger partial charge < -0.3 is 4.57 Å². The second-order valence-electron chi connectivity index (χ2n) is 2.66. The summed E-state index contributed by atoms with van der Waals surface area (Å²) in [5.74, 6) is 0. The predicted octanol–water partition coefficient (Wildman–Crippen LogP) is 1.23. The van der Waals surface area contributed by atoms with Crippen molar-refractivity contribution < 1.29 is 0 Å². The Morgan fingerprint density at radius 1 is 1.64 bits per heavy atom. The maximum absolute atomic E-state index is 11.2. The quantitative estimate of drug-likeness (QED) is 0.636. The highest BCUT2D eigenvalue weighted by atomic mass is 35.5. The lowest BCUT2D eigenvalue weighted by atomic mass is 10.6. The first kappa shape index (κ1) is 6.85. The van der Waals surface area contributed by atoms with Gasteiger partial charge in [0.2, 0.25) is 0 Å². The summed E-state index contributed by atoms with van der Waals surface area (Å²) in [6, 6.07) is 0.378. The van der Waals surface area contributed by atoms with Crippen molar-refractivity contribution in [1.82, 2.24) is 9.55 Å². The summed E-state index contributed by atoms with van der Waals surface area (Å²) in [7, 11) is 0. The summed E-state index contributed by atoms with van der Waals surface area (Å²) in [6.07, 6.45) is 5.41. The van der Waals surface area contributed by atoms with E-state index in [2.05, 4.69) is 4.98 Å². The van der Waals surface area contributed by atoms with E-state index in [0.29, 0.717) is 6.04 Å². The van der Waals surface area contributed by atoms with E-state index in [1.54, 1.807) is 17.0 Å². The lowest BCUT2D eigenvalue weighted by Crippen LogP contribution is -2.19. The number of halogens is 1. The van der Waals surface area contributed by atoms with Gasteiger partial charge in [-0.05, 0) is 12.8 Å². The lowest BCUT2D eigenvalue weighted by molar-refractivity contribution is 0.698. The smallest absolute Gasteiger partial charge is 0.288 e. The third-order valence-corrected chi connectivity index (χ3v) is 2.03. The molecule has 1 aliphatic carbocycles. The van der Waals surface area contributed by atoms with Gasteiger partial charge in [0.1, 0.15) is 0 Å². The molecule has 58 valence electrons. The van der Waals surface area contributed by atoms with Crippen LogP contribution in [0.1, 0.15) is 18.9 Å². The van der Waals surface area contributed by atoms with Crippen molar-refractivity contribution in [2.75, 3.05) is 0 Å². The molecule has 0 aliphatic heterocycles. The molecule has 0 atom stereocenters. The Balaban J connectivity index is 2.54. The largest absolute Gasteiger partial charge is 0.308 e. The van der Waals surface area contributed by atoms with Gasteiger partial charge in [0, 0.05) is 18.4 Å². The first-order valence-electron chi connectivity index (χ1n) is 3.51. The molecular formula is C7H7ClN2O. The number of aromatic nitrogens is 2. The summed E-state index contributed by atoms with van der Waals surface area (Å²) in [5.41, 5.74) is -0.170. The Morgan fingerprint density at radius 2 is 2.36 bits per heavy atom. The zero-order valence-electron chi connectivity index (χ0n) is 5.83. The highest BCUT2D eigenvalue weighted by Gasteiger charge is 2.24. The molecule has 4 heteroatoms. The van der Waals surface area contributed by atoms with Crippen LogP contribution in [0.15, 0.2) is 17.2 Å². The monoisotopic (exact) mass is 170 g/mol. The second kappa shape index (κ2) is 2.34. The van der Waals surface area contributed by atoms with Gasteiger partial charge in [0.25, 0.3) is 5.56 Å². The van der Waals surface area contributed by atoms with Gasteiger partial charge in [0.05, 0.1) is 0 Å². The van der Waals surface area contributed by atoms with Crippen molar-refractivity contribution >= 4 is 11.6 Å². The molecule has 1 aromatic heterocycles. The molecule has 1 aromatic rings. The van der Waals surface area contributed by atoms with Crippen LogP contribution < -0.4 is 5.56 Å². The van der Waals surface area contributed by atoms with E-state index in [1.807, 2.05) is 0 Å². The van der Waals surface area contributed by atoms with Crippen LogP contribution in [0.4, 0.5) is 0 Å². The molecule has 3 nitrogen and oxygen atoms in total. The van der Waals surface area contributed by atoms with Crippen molar-refractivity contribution in [3.05, 3.63) is 27.9 Å². The third-order valence-electron chi connectivity index (χ3n) is 1.77. The van der Waals surface area contributed by atoms with Gasteiger partial charge in [-0.1, -0.05) is 11.6 Å². The molecule has 11 heavy (non-hydrogen) atoms. The van der Waals surface area contributed by atoms with Gasteiger partial charge in [-0.3, -0.25) is 4.79 Å². The fraction of sp³-hybridized carbons (Fsp3) is 0.429. The molecule has 1 fully saturated rings. The van der Waals surface area contributed by atoms with E-state index in [0.717, 1.165) is 12.8 Å². The van der Waals surface area contributed by atoms with Gasteiger partial charge in [-0.2, -0.15) is 0 Å². The first-order chi connectivity index (χ1) is 5.29. The van der Waals surface area contributed by atoms with E-state index in [9.17, 15) is 4.79 Å². The van der Waals surface area contributed by atoms with Gasteiger partial charge in [0.15, 0.2) is 5.15 Å². The first-order valence-corrected chi connectivity index (χ1v) is 3.89. The molecule has 0 saturated heterocycles. The minimum atomic E-state index is -0.170. The second-order valence-corrected chi connectivity index (χ2v) is 3.02. The number of nitrogens with zero attached hydrogens (tertiary/aromatic N) is 2. The van der Waals surface area contributed by atoms with Gasteiger partial charge in [-0.15, -0.1) is 0 Å². The van der Waals surface area contributed by atoms with Crippen LogP contribution in [-0.2, 0) is 0 Å². The third kappa shape index (κ3) is 1.16. The SMILES string of the molecule is O=c1c(Cl)nccn1C1CC1. The summed E-state index contributed by atoms with van der Waals surface area (Å²) in [6.45, 7) is 0. The topological polar surface area (TPSA) is 34.9 Å². The average Bonchev–Trinajstić information content (AvgIpc) is 2.77. The van der Waals surface area contributed by atoms with Crippen LogP contribution in [0, 0.1) is 0 Å². The van der Waals surface area contributed by atoms with E-state index in [4.69, 9.17) is 11.6 Å². The standard InChI is InChI=1S/C7H7ClN2O/c8-6-7(11)10(4-3-9-6)5-1-2-5/h3-5H,1-2H2. The van der Waals surface area contributed by atoms with Crippen LogP contribution in [0.3, 0.4) is 0 Å². The Bertz CT molecular complexity index is 329. The van der Waals surface area contributed by atoms with Gasteiger partial charge in [-0.25, -0.2) is 4.98 Å². The predicted molar refractivity (Wildman–Crippen MR) is 41.8 cm³/mol. The minimum absolute atomic E-state index is 0.0689. The van der Waals surface area contributed by atoms with E-state index in [-0.39, 0.29) is 10.7 Å². The molecular weight excluding hydrogens is 164 g/mol. The molecule has 0 unspecified atom stereocenters. The summed E-state index contributed by atoms with van der Waals surface area (Å²) >= 11 is 5.54. The molecule has 0 amide bonds. The summed E-state index contributed by atoms with van der Waals surface area (Å²) in [4.78, 5) is 14.9. The fourth-order valence-corrected chi connectivity index (χ4v) is 1.19. The fourth-order valence-electron chi connectivity index (χ4n) is 1.04. The summed E-state index contributed by atoms with van der Waals surface area (Å²) < 4.78 is 1.65. The minimum Gasteiger partial charge on any atom is -0.308 e. The molecule has 1 heterocycles.